The monoisotopic (exact) mass is 394 g/mol. The number of rotatable bonds is 5. The topological polar surface area (TPSA) is 59.9 Å². The van der Waals surface area contributed by atoms with E-state index in [0.29, 0.717) is 19.0 Å². The maximum atomic E-state index is 13.1. The molecule has 2 aliphatic heterocycles. The number of nitrogens with zero attached hydrogens (tertiary/aromatic N) is 4. The molecule has 0 bridgehead atoms. The lowest BCUT2D eigenvalue weighted by Crippen LogP contribution is -2.57. The summed E-state index contributed by atoms with van der Waals surface area (Å²) in [5, 5.41) is 10.4. The molecule has 0 radical (unpaired) electrons. The van der Waals surface area contributed by atoms with E-state index >= 15 is 0 Å². The summed E-state index contributed by atoms with van der Waals surface area (Å²) in [5.41, 5.74) is 3.08. The normalized spacial score (nSPS) is 21.6. The summed E-state index contributed by atoms with van der Waals surface area (Å²) in [6.45, 7) is 6.45. The van der Waals surface area contributed by atoms with E-state index in [1.165, 1.54) is 0 Å². The number of aromatic nitrogens is 1. The van der Waals surface area contributed by atoms with Crippen molar-refractivity contribution in [2.24, 2.45) is 5.92 Å². The van der Waals surface area contributed by atoms with Crippen LogP contribution in [0.25, 0.3) is 0 Å². The fourth-order valence-corrected chi connectivity index (χ4v) is 4.37. The fraction of sp³-hybridized carbons (Fsp3) is 0.478. The van der Waals surface area contributed by atoms with Crippen LogP contribution in [0.1, 0.15) is 24.1 Å². The largest absolute Gasteiger partial charge is 0.389 e. The lowest BCUT2D eigenvalue weighted by atomic mass is 9.95. The maximum Gasteiger partial charge on any atom is 0.324 e. The van der Waals surface area contributed by atoms with E-state index in [2.05, 4.69) is 16.0 Å². The second-order valence-electron chi connectivity index (χ2n) is 8.33. The molecule has 1 aromatic carbocycles. The highest BCUT2D eigenvalue weighted by atomic mass is 16.3. The van der Waals surface area contributed by atoms with Crippen LogP contribution in [-0.2, 0) is 6.54 Å². The van der Waals surface area contributed by atoms with Crippen molar-refractivity contribution >= 4 is 11.7 Å². The molecular weight excluding hydrogens is 364 g/mol. The summed E-state index contributed by atoms with van der Waals surface area (Å²) in [7, 11) is 0. The fourth-order valence-electron chi connectivity index (χ4n) is 4.37. The molecule has 0 saturated carbocycles. The molecule has 0 spiro atoms. The first kappa shape index (κ1) is 19.9. The molecule has 29 heavy (non-hydrogen) atoms. The highest BCUT2D eigenvalue weighted by Gasteiger charge is 2.33. The van der Waals surface area contributed by atoms with Crippen molar-refractivity contribution in [3.05, 3.63) is 59.9 Å². The third-order valence-corrected chi connectivity index (χ3v) is 5.94. The van der Waals surface area contributed by atoms with Crippen LogP contribution < -0.4 is 4.90 Å². The van der Waals surface area contributed by atoms with E-state index in [4.69, 9.17) is 0 Å². The number of amides is 2. The highest BCUT2D eigenvalue weighted by Crippen LogP contribution is 2.25. The van der Waals surface area contributed by atoms with Gasteiger partial charge in [0.05, 0.1) is 24.9 Å². The Kier molecular flexibility index (Phi) is 6.11. The molecule has 4 rings (SSSR count). The van der Waals surface area contributed by atoms with Crippen LogP contribution in [0.5, 0.6) is 0 Å². The summed E-state index contributed by atoms with van der Waals surface area (Å²) in [6, 6.07) is 14.0. The lowest BCUT2D eigenvalue weighted by molar-refractivity contribution is 0.0873. The number of hydrogen-bond donors (Lipinski definition) is 1. The summed E-state index contributed by atoms with van der Waals surface area (Å²) in [4.78, 5) is 23.5. The van der Waals surface area contributed by atoms with Gasteiger partial charge < -0.3 is 10.0 Å². The SMILES string of the molecule is Cc1cccc(N2CC(O)CN(CC3CCN(Cc4ccccn4)CC3)C2=O)c1. The quantitative estimate of drug-likeness (QED) is 0.847. The molecule has 2 aliphatic rings. The van der Waals surface area contributed by atoms with Crippen molar-refractivity contribution in [1.82, 2.24) is 14.8 Å². The molecule has 1 unspecified atom stereocenters. The molecule has 1 aromatic heterocycles. The number of urea groups is 1. The zero-order valence-corrected chi connectivity index (χ0v) is 17.1. The average Bonchev–Trinajstić information content (AvgIpc) is 2.72. The van der Waals surface area contributed by atoms with Crippen molar-refractivity contribution in [2.75, 3.05) is 37.6 Å². The van der Waals surface area contributed by atoms with Gasteiger partial charge in [-0.1, -0.05) is 18.2 Å². The zero-order chi connectivity index (χ0) is 20.2. The standard InChI is InChI=1S/C23H30N4O2/c1-18-5-4-7-21(13-18)27-17-22(28)16-26(23(27)29)14-19-8-11-25(12-9-19)15-20-6-2-3-10-24-20/h2-7,10,13,19,22,28H,8-9,11-12,14-17H2,1H3. The first-order chi connectivity index (χ1) is 14.1. The number of hydrogen-bond acceptors (Lipinski definition) is 4. The molecule has 2 aromatic rings. The van der Waals surface area contributed by atoms with Gasteiger partial charge >= 0.3 is 6.03 Å². The van der Waals surface area contributed by atoms with Crippen molar-refractivity contribution in [3.63, 3.8) is 0 Å². The van der Waals surface area contributed by atoms with Gasteiger partial charge in [-0.15, -0.1) is 0 Å². The molecule has 6 nitrogen and oxygen atoms in total. The zero-order valence-electron chi connectivity index (χ0n) is 17.1. The van der Waals surface area contributed by atoms with E-state index in [1.54, 1.807) is 4.90 Å². The van der Waals surface area contributed by atoms with Crippen LogP contribution in [0, 0.1) is 12.8 Å². The van der Waals surface area contributed by atoms with Crippen molar-refractivity contribution in [2.45, 2.75) is 32.4 Å². The first-order valence-electron chi connectivity index (χ1n) is 10.5. The molecular formula is C23H30N4O2. The van der Waals surface area contributed by atoms with E-state index < -0.39 is 6.10 Å². The summed E-state index contributed by atoms with van der Waals surface area (Å²) < 4.78 is 0. The van der Waals surface area contributed by atoms with Crippen molar-refractivity contribution in [3.8, 4) is 0 Å². The Morgan fingerprint density at radius 2 is 1.93 bits per heavy atom. The van der Waals surface area contributed by atoms with Crippen LogP contribution in [-0.4, -0.2) is 64.7 Å². The van der Waals surface area contributed by atoms with E-state index in [1.807, 2.05) is 54.4 Å². The van der Waals surface area contributed by atoms with Crippen LogP contribution in [0.2, 0.25) is 0 Å². The Labute approximate surface area is 172 Å². The Morgan fingerprint density at radius 1 is 1.10 bits per heavy atom. The number of pyridine rings is 1. The maximum absolute atomic E-state index is 13.1. The number of aliphatic hydroxyl groups is 1. The molecule has 1 N–H and O–H groups in total. The Hall–Kier alpha value is -2.44. The van der Waals surface area contributed by atoms with Gasteiger partial charge in [0.25, 0.3) is 0 Å². The van der Waals surface area contributed by atoms with Gasteiger partial charge in [0.2, 0.25) is 0 Å². The predicted molar refractivity (Wildman–Crippen MR) is 114 cm³/mol. The van der Waals surface area contributed by atoms with Gasteiger partial charge in [0, 0.05) is 25.0 Å². The Bertz CT molecular complexity index is 821. The predicted octanol–water partition coefficient (Wildman–Crippen LogP) is 2.91. The van der Waals surface area contributed by atoms with Crippen LogP contribution >= 0.6 is 0 Å². The summed E-state index contributed by atoms with van der Waals surface area (Å²) >= 11 is 0. The van der Waals surface area contributed by atoms with Gasteiger partial charge in [-0.05, 0) is 68.6 Å². The minimum absolute atomic E-state index is 0.0109. The number of piperidine rings is 1. The molecule has 1 atom stereocenters. The van der Waals surface area contributed by atoms with Crippen LogP contribution in [0.3, 0.4) is 0 Å². The van der Waals surface area contributed by atoms with E-state index in [9.17, 15) is 9.90 Å². The average molecular weight is 395 g/mol. The summed E-state index contributed by atoms with van der Waals surface area (Å²) in [5.74, 6) is 0.476. The summed E-state index contributed by atoms with van der Waals surface area (Å²) in [6.07, 6.45) is 3.46. The van der Waals surface area contributed by atoms with Gasteiger partial charge in [-0.2, -0.15) is 0 Å². The van der Waals surface area contributed by atoms with E-state index in [-0.39, 0.29) is 6.03 Å². The van der Waals surface area contributed by atoms with E-state index in [0.717, 1.165) is 56.0 Å². The number of β-amino-alcohol motifs (C(OH)–C–C–N with tert-alkyl or cyclic N) is 1. The molecule has 154 valence electrons. The number of carbonyl (C=O) groups is 1. The minimum Gasteiger partial charge on any atom is -0.389 e. The van der Waals surface area contributed by atoms with Crippen LogP contribution in [0.15, 0.2) is 48.7 Å². The molecule has 2 fully saturated rings. The van der Waals surface area contributed by atoms with Crippen LogP contribution in [0.4, 0.5) is 10.5 Å². The van der Waals surface area contributed by atoms with Crippen molar-refractivity contribution < 1.29 is 9.90 Å². The highest BCUT2D eigenvalue weighted by molar-refractivity contribution is 5.93. The molecule has 0 aliphatic carbocycles. The molecule has 6 heteroatoms. The third-order valence-electron chi connectivity index (χ3n) is 5.94. The van der Waals surface area contributed by atoms with Gasteiger partial charge in [0.1, 0.15) is 0 Å². The number of benzene rings is 1. The number of likely N-dealkylation sites (tertiary alicyclic amines) is 1. The van der Waals surface area contributed by atoms with Gasteiger partial charge in [-0.3, -0.25) is 14.8 Å². The third kappa shape index (κ3) is 4.95. The van der Waals surface area contributed by atoms with Crippen molar-refractivity contribution in [1.29, 1.82) is 0 Å². The molecule has 2 amide bonds. The number of anilines is 1. The minimum atomic E-state index is -0.516. The number of aliphatic hydroxyl groups excluding tert-OH is 1. The molecule has 2 saturated heterocycles. The van der Waals surface area contributed by atoms with Gasteiger partial charge in [-0.25, -0.2) is 4.79 Å². The molecule has 3 heterocycles. The lowest BCUT2D eigenvalue weighted by Gasteiger charge is -2.41. The number of carbonyl (C=O) groups excluding carboxylic acids is 1. The first-order valence-corrected chi connectivity index (χ1v) is 10.5. The second kappa shape index (κ2) is 8.93. The second-order valence-corrected chi connectivity index (χ2v) is 8.33. The Balaban J connectivity index is 1.33. The number of aryl methyl sites for hydroxylation is 1. The van der Waals surface area contributed by atoms with Gasteiger partial charge in [0.15, 0.2) is 0 Å². The Morgan fingerprint density at radius 3 is 2.66 bits per heavy atom. The smallest absolute Gasteiger partial charge is 0.324 e.